The van der Waals surface area contributed by atoms with Gasteiger partial charge >= 0.3 is 6.09 Å². The summed E-state index contributed by atoms with van der Waals surface area (Å²) in [6.07, 6.45) is 0.284. The largest absolute Gasteiger partial charge is 0.444 e. The number of amides is 2. The number of hydrogen-bond donors (Lipinski definition) is 0. The first kappa shape index (κ1) is 12.9. The first-order chi connectivity index (χ1) is 8.28. The molecule has 0 aromatic carbocycles. The Hall–Kier alpha value is -1.59. The lowest BCUT2D eigenvalue weighted by molar-refractivity contribution is -0.130. The molecule has 2 heterocycles. The molecule has 6 nitrogen and oxygen atoms in total. The third-order valence-electron chi connectivity index (χ3n) is 2.99. The fourth-order valence-electron chi connectivity index (χ4n) is 2.15. The Morgan fingerprint density at radius 3 is 2.72 bits per heavy atom. The highest BCUT2D eigenvalue weighted by molar-refractivity contribution is 6.09. The fourth-order valence-corrected chi connectivity index (χ4v) is 2.15. The second-order valence-electron chi connectivity index (χ2n) is 5.70. The van der Waals surface area contributed by atoms with E-state index in [0.29, 0.717) is 19.5 Å². The number of piperidine rings is 1. The standard InChI is InChI=1S/C12H19N3O3/c1-12(2,3)18-11(17)15-6-5-8-9(7-15)13-14(4)10(8)16/h8H,5-7H2,1-4H3/t8-/m0/s1. The summed E-state index contributed by atoms with van der Waals surface area (Å²) in [5.41, 5.74) is 0.262. The fraction of sp³-hybridized carbons (Fsp3) is 0.750. The third kappa shape index (κ3) is 2.47. The van der Waals surface area contributed by atoms with Crippen LogP contribution in [0.15, 0.2) is 5.10 Å². The summed E-state index contributed by atoms with van der Waals surface area (Å²) >= 11 is 0. The Kier molecular flexibility index (Phi) is 3.04. The van der Waals surface area contributed by atoms with Crippen LogP contribution in [-0.4, -0.2) is 53.4 Å². The van der Waals surface area contributed by atoms with Gasteiger partial charge in [0.05, 0.1) is 18.2 Å². The molecular weight excluding hydrogens is 234 g/mol. The third-order valence-corrected chi connectivity index (χ3v) is 2.99. The smallest absolute Gasteiger partial charge is 0.410 e. The summed E-state index contributed by atoms with van der Waals surface area (Å²) in [4.78, 5) is 25.2. The van der Waals surface area contributed by atoms with Gasteiger partial charge in [-0.3, -0.25) is 4.79 Å². The Morgan fingerprint density at radius 2 is 2.11 bits per heavy atom. The van der Waals surface area contributed by atoms with E-state index in [9.17, 15) is 9.59 Å². The topological polar surface area (TPSA) is 62.2 Å². The van der Waals surface area contributed by atoms with Gasteiger partial charge in [-0.05, 0) is 27.2 Å². The van der Waals surface area contributed by atoms with Gasteiger partial charge in [0, 0.05) is 13.6 Å². The van der Waals surface area contributed by atoms with E-state index >= 15 is 0 Å². The zero-order valence-electron chi connectivity index (χ0n) is 11.3. The van der Waals surface area contributed by atoms with E-state index in [0.717, 1.165) is 5.71 Å². The van der Waals surface area contributed by atoms with Crippen LogP contribution < -0.4 is 0 Å². The number of hydrazone groups is 1. The van der Waals surface area contributed by atoms with Crippen molar-refractivity contribution in [1.82, 2.24) is 9.91 Å². The Bertz CT molecular complexity index is 411. The summed E-state index contributed by atoms with van der Waals surface area (Å²) in [6.45, 7) is 6.43. The van der Waals surface area contributed by atoms with Gasteiger partial charge in [0.1, 0.15) is 5.60 Å². The highest BCUT2D eigenvalue weighted by atomic mass is 16.6. The zero-order valence-corrected chi connectivity index (χ0v) is 11.3. The molecule has 1 fully saturated rings. The van der Waals surface area contributed by atoms with E-state index in [2.05, 4.69) is 5.10 Å². The number of rotatable bonds is 0. The lowest BCUT2D eigenvalue weighted by atomic mass is 9.95. The monoisotopic (exact) mass is 253 g/mol. The van der Waals surface area contributed by atoms with E-state index in [1.807, 2.05) is 20.8 Å². The lowest BCUT2D eigenvalue weighted by Gasteiger charge is -2.31. The Morgan fingerprint density at radius 1 is 1.44 bits per heavy atom. The molecule has 1 saturated heterocycles. The SMILES string of the molecule is CN1N=C2CN(C(=O)OC(C)(C)C)CC[C@@H]2C1=O. The van der Waals surface area contributed by atoms with Gasteiger partial charge in [0.15, 0.2) is 0 Å². The van der Waals surface area contributed by atoms with Crippen molar-refractivity contribution in [2.24, 2.45) is 11.0 Å². The number of carbonyl (C=O) groups is 2. The van der Waals surface area contributed by atoms with Crippen LogP contribution in [0.3, 0.4) is 0 Å². The zero-order chi connectivity index (χ0) is 13.5. The molecule has 1 atom stereocenters. The predicted molar refractivity (Wildman–Crippen MR) is 66.1 cm³/mol. The molecule has 100 valence electrons. The minimum absolute atomic E-state index is 0.0221. The first-order valence-electron chi connectivity index (χ1n) is 6.11. The molecule has 0 N–H and O–H groups in total. The quantitative estimate of drug-likeness (QED) is 0.648. The first-order valence-corrected chi connectivity index (χ1v) is 6.11. The number of fused-ring (bicyclic) bond motifs is 1. The summed E-state index contributed by atoms with van der Waals surface area (Å²) in [6, 6.07) is 0. The van der Waals surface area contributed by atoms with Crippen molar-refractivity contribution in [2.75, 3.05) is 20.1 Å². The van der Waals surface area contributed by atoms with Gasteiger partial charge in [-0.2, -0.15) is 5.10 Å². The van der Waals surface area contributed by atoms with Crippen molar-refractivity contribution in [3.8, 4) is 0 Å². The van der Waals surface area contributed by atoms with Crippen molar-refractivity contribution in [2.45, 2.75) is 32.8 Å². The van der Waals surface area contributed by atoms with Gasteiger partial charge in [0.25, 0.3) is 5.91 Å². The van der Waals surface area contributed by atoms with Crippen LogP contribution in [0.2, 0.25) is 0 Å². The van der Waals surface area contributed by atoms with Crippen molar-refractivity contribution < 1.29 is 14.3 Å². The van der Waals surface area contributed by atoms with Crippen LogP contribution in [0.1, 0.15) is 27.2 Å². The maximum absolute atomic E-state index is 11.9. The van der Waals surface area contributed by atoms with Gasteiger partial charge in [-0.1, -0.05) is 0 Å². The molecule has 0 bridgehead atoms. The van der Waals surface area contributed by atoms with Crippen molar-refractivity contribution in [1.29, 1.82) is 0 Å². The van der Waals surface area contributed by atoms with Crippen LogP contribution in [-0.2, 0) is 9.53 Å². The van der Waals surface area contributed by atoms with Crippen LogP contribution in [0.4, 0.5) is 4.79 Å². The lowest BCUT2D eigenvalue weighted by Crippen LogP contribution is -2.46. The molecule has 0 spiro atoms. The molecule has 0 aliphatic carbocycles. The maximum atomic E-state index is 11.9. The van der Waals surface area contributed by atoms with Crippen molar-refractivity contribution in [3.05, 3.63) is 0 Å². The van der Waals surface area contributed by atoms with Crippen LogP contribution in [0, 0.1) is 5.92 Å². The summed E-state index contributed by atoms with van der Waals surface area (Å²) in [5, 5.41) is 5.53. The molecular formula is C12H19N3O3. The molecule has 6 heteroatoms. The van der Waals surface area contributed by atoms with Crippen LogP contribution >= 0.6 is 0 Å². The van der Waals surface area contributed by atoms with E-state index in [4.69, 9.17) is 4.74 Å². The molecule has 2 aliphatic heterocycles. The molecule has 0 aromatic heterocycles. The second kappa shape index (κ2) is 4.26. The number of likely N-dealkylation sites (tertiary alicyclic amines) is 1. The molecule has 0 radical (unpaired) electrons. The summed E-state index contributed by atoms with van der Waals surface area (Å²) in [7, 11) is 1.64. The average Bonchev–Trinajstić information content (AvgIpc) is 2.52. The van der Waals surface area contributed by atoms with Crippen LogP contribution in [0.5, 0.6) is 0 Å². The number of nitrogens with zero attached hydrogens (tertiary/aromatic N) is 3. The second-order valence-corrected chi connectivity index (χ2v) is 5.70. The minimum Gasteiger partial charge on any atom is -0.444 e. The number of carbonyl (C=O) groups excluding carboxylic acids is 2. The molecule has 0 aromatic rings. The van der Waals surface area contributed by atoms with E-state index in [1.54, 1.807) is 11.9 Å². The van der Waals surface area contributed by atoms with Crippen LogP contribution in [0.25, 0.3) is 0 Å². The predicted octanol–water partition coefficient (Wildman–Crippen LogP) is 1.07. The summed E-state index contributed by atoms with van der Waals surface area (Å²) < 4.78 is 5.31. The van der Waals surface area contributed by atoms with Gasteiger partial charge < -0.3 is 9.64 Å². The molecule has 18 heavy (non-hydrogen) atoms. The Balaban J connectivity index is 2.02. The van der Waals surface area contributed by atoms with Gasteiger partial charge in [0.2, 0.25) is 0 Å². The highest BCUT2D eigenvalue weighted by Crippen LogP contribution is 2.24. The molecule has 2 aliphatic rings. The normalized spacial score (nSPS) is 23.9. The number of ether oxygens (including phenoxy) is 1. The summed E-state index contributed by atoms with van der Waals surface area (Å²) in [5.74, 6) is -0.123. The molecule has 2 rings (SSSR count). The van der Waals surface area contributed by atoms with E-state index in [-0.39, 0.29) is 17.9 Å². The number of hydrogen-bond acceptors (Lipinski definition) is 4. The van der Waals surface area contributed by atoms with E-state index < -0.39 is 5.60 Å². The minimum atomic E-state index is -0.502. The Labute approximate surface area is 107 Å². The maximum Gasteiger partial charge on any atom is 0.410 e. The van der Waals surface area contributed by atoms with Crippen molar-refractivity contribution in [3.63, 3.8) is 0 Å². The molecule has 2 amide bonds. The molecule has 0 saturated carbocycles. The average molecular weight is 253 g/mol. The van der Waals surface area contributed by atoms with Gasteiger partial charge in [-0.25, -0.2) is 9.80 Å². The molecule has 0 unspecified atom stereocenters. The van der Waals surface area contributed by atoms with Gasteiger partial charge in [-0.15, -0.1) is 0 Å². The highest BCUT2D eigenvalue weighted by Gasteiger charge is 2.39. The van der Waals surface area contributed by atoms with E-state index in [1.165, 1.54) is 5.01 Å². The van der Waals surface area contributed by atoms with Crippen molar-refractivity contribution >= 4 is 17.7 Å².